The summed E-state index contributed by atoms with van der Waals surface area (Å²) in [6, 6.07) is 3.71. The number of nitrogens with zero attached hydrogens (tertiary/aromatic N) is 1. The fourth-order valence-corrected chi connectivity index (χ4v) is 2.14. The molecular formula is C12H8F3NO3S. The monoisotopic (exact) mass is 303 g/mol. The Kier molecular flexibility index (Phi) is 5.16. The van der Waals surface area contributed by atoms with Gasteiger partial charge in [-0.25, -0.2) is 4.79 Å². The third-order valence-corrected chi connectivity index (χ3v) is 3.02. The van der Waals surface area contributed by atoms with Gasteiger partial charge < -0.3 is 4.74 Å². The lowest BCUT2D eigenvalue weighted by molar-refractivity contribution is -0.0328. The van der Waals surface area contributed by atoms with Crippen molar-refractivity contribution in [1.82, 2.24) is 0 Å². The van der Waals surface area contributed by atoms with Crippen molar-refractivity contribution in [1.29, 1.82) is 5.26 Å². The number of ether oxygens (including phenoxy) is 1. The molecule has 0 N–H and O–H groups in total. The summed E-state index contributed by atoms with van der Waals surface area (Å²) in [5.74, 6) is -0.914. The van der Waals surface area contributed by atoms with E-state index < -0.39 is 33.7 Å². The van der Waals surface area contributed by atoms with Crippen molar-refractivity contribution in [3.05, 3.63) is 28.8 Å². The molecule has 0 saturated carbocycles. The van der Waals surface area contributed by atoms with Crippen LogP contribution in [0, 0.1) is 11.3 Å². The first kappa shape index (κ1) is 16.0. The quantitative estimate of drug-likeness (QED) is 0.485. The van der Waals surface area contributed by atoms with Crippen LogP contribution in [0.15, 0.2) is 17.0 Å². The molecule has 0 spiro atoms. The van der Waals surface area contributed by atoms with Gasteiger partial charge in [0.05, 0.1) is 17.7 Å². The molecule has 0 aromatic heterocycles. The van der Waals surface area contributed by atoms with Crippen molar-refractivity contribution >= 4 is 24.0 Å². The zero-order chi connectivity index (χ0) is 15.3. The second-order valence-corrected chi connectivity index (χ2v) is 4.48. The Bertz CT molecular complexity index is 579. The number of carbonyl (C=O) groups is 2. The molecule has 0 unspecified atom stereocenters. The number of rotatable bonds is 4. The molecule has 8 heteroatoms. The van der Waals surface area contributed by atoms with Gasteiger partial charge in [0.25, 0.3) is 0 Å². The molecule has 0 aliphatic rings. The van der Waals surface area contributed by atoms with E-state index in [0.29, 0.717) is 0 Å². The van der Waals surface area contributed by atoms with Gasteiger partial charge in [0.15, 0.2) is 6.29 Å². The lowest BCUT2D eigenvalue weighted by Crippen LogP contribution is -2.11. The van der Waals surface area contributed by atoms with Crippen molar-refractivity contribution in [3.63, 3.8) is 0 Å². The molecule has 0 aliphatic carbocycles. The zero-order valence-electron chi connectivity index (χ0n) is 10.2. The number of hydrogen-bond donors (Lipinski definition) is 0. The number of hydrogen-bond acceptors (Lipinski definition) is 5. The maximum absolute atomic E-state index is 12.5. The summed E-state index contributed by atoms with van der Waals surface area (Å²) in [4.78, 5) is 22.0. The Morgan fingerprint density at radius 1 is 1.50 bits per heavy atom. The van der Waals surface area contributed by atoms with Crippen LogP contribution in [0.25, 0.3) is 0 Å². The van der Waals surface area contributed by atoms with Crippen LogP contribution < -0.4 is 0 Å². The molecule has 0 radical (unpaired) electrons. The summed E-state index contributed by atoms with van der Waals surface area (Å²) in [6.07, 6.45) is 0.112. The predicted molar refractivity (Wildman–Crippen MR) is 64.4 cm³/mol. The van der Waals surface area contributed by atoms with Crippen LogP contribution in [0.2, 0.25) is 0 Å². The lowest BCUT2D eigenvalue weighted by atomic mass is 10.1. The van der Waals surface area contributed by atoms with Gasteiger partial charge in [-0.2, -0.15) is 18.4 Å². The van der Waals surface area contributed by atoms with Gasteiger partial charge in [-0.3, -0.25) is 4.79 Å². The van der Waals surface area contributed by atoms with E-state index in [0.717, 1.165) is 12.1 Å². The highest BCUT2D eigenvalue weighted by Crippen LogP contribution is 2.40. The smallest absolute Gasteiger partial charge is 0.446 e. The van der Waals surface area contributed by atoms with Crippen molar-refractivity contribution < 1.29 is 27.5 Å². The summed E-state index contributed by atoms with van der Waals surface area (Å²) in [6.45, 7) is 1.53. The van der Waals surface area contributed by atoms with Gasteiger partial charge in [-0.15, -0.1) is 0 Å². The number of esters is 1. The Morgan fingerprint density at radius 3 is 2.60 bits per heavy atom. The fraction of sp³-hybridized carbons (Fsp3) is 0.250. The fourth-order valence-electron chi connectivity index (χ4n) is 1.42. The molecule has 0 fully saturated rings. The Hall–Kier alpha value is -2.01. The van der Waals surface area contributed by atoms with E-state index in [1.165, 1.54) is 6.92 Å². The lowest BCUT2D eigenvalue weighted by Gasteiger charge is -2.12. The summed E-state index contributed by atoms with van der Waals surface area (Å²) in [5.41, 5.74) is -5.81. The number of halogens is 3. The third-order valence-electron chi connectivity index (χ3n) is 2.15. The Labute approximate surface area is 116 Å². The number of alkyl halides is 3. The number of aldehydes is 1. The van der Waals surface area contributed by atoms with Crippen LogP contribution in [-0.2, 0) is 4.74 Å². The van der Waals surface area contributed by atoms with Gasteiger partial charge in [-0.1, -0.05) is 0 Å². The predicted octanol–water partition coefficient (Wildman–Crippen LogP) is 3.16. The molecule has 20 heavy (non-hydrogen) atoms. The van der Waals surface area contributed by atoms with Gasteiger partial charge in [0, 0.05) is 10.5 Å². The maximum Gasteiger partial charge on any atom is 0.446 e. The highest BCUT2D eigenvalue weighted by Gasteiger charge is 2.33. The summed E-state index contributed by atoms with van der Waals surface area (Å²) >= 11 is -0.609. The number of nitriles is 1. The largest absolute Gasteiger partial charge is 0.462 e. The molecule has 0 bridgehead atoms. The summed E-state index contributed by atoms with van der Waals surface area (Å²) < 4.78 is 42.1. The van der Waals surface area contributed by atoms with Gasteiger partial charge in [-0.05, 0) is 30.8 Å². The zero-order valence-corrected chi connectivity index (χ0v) is 11.0. The van der Waals surface area contributed by atoms with Gasteiger partial charge in [0.2, 0.25) is 0 Å². The Balaban J connectivity index is 3.45. The van der Waals surface area contributed by atoms with E-state index in [1.54, 1.807) is 6.07 Å². The van der Waals surface area contributed by atoms with Crippen molar-refractivity contribution in [2.75, 3.05) is 6.61 Å². The molecule has 0 atom stereocenters. The van der Waals surface area contributed by atoms with E-state index >= 15 is 0 Å². The van der Waals surface area contributed by atoms with Gasteiger partial charge in [0.1, 0.15) is 6.07 Å². The van der Waals surface area contributed by atoms with Crippen LogP contribution in [0.3, 0.4) is 0 Å². The summed E-state index contributed by atoms with van der Waals surface area (Å²) in [7, 11) is 0. The number of carbonyl (C=O) groups excluding carboxylic acids is 2. The van der Waals surface area contributed by atoms with Crippen LogP contribution in [0.1, 0.15) is 33.2 Å². The van der Waals surface area contributed by atoms with E-state index in [-0.39, 0.29) is 24.0 Å². The molecule has 4 nitrogen and oxygen atoms in total. The topological polar surface area (TPSA) is 67.2 Å². The first-order valence-corrected chi connectivity index (χ1v) is 6.10. The molecular weight excluding hydrogens is 295 g/mol. The molecule has 0 saturated heterocycles. The first-order valence-electron chi connectivity index (χ1n) is 5.29. The SMILES string of the molecule is CCOC(=O)c1ccc(C#N)c(SC(F)(F)F)c1C=O. The van der Waals surface area contributed by atoms with E-state index in [2.05, 4.69) is 4.74 Å². The highest BCUT2D eigenvalue weighted by atomic mass is 32.2. The molecule has 0 amide bonds. The molecule has 0 aliphatic heterocycles. The van der Waals surface area contributed by atoms with E-state index in [9.17, 15) is 22.8 Å². The molecule has 1 rings (SSSR count). The molecule has 1 aromatic rings. The average molecular weight is 303 g/mol. The summed E-state index contributed by atoms with van der Waals surface area (Å²) in [5, 5.41) is 8.81. The third kappa shape index (κ3) is 3.74. The van der Waals surface area contributed by atoms with Crippen LogP contribution >= 0.6 is 11.8 Å². The minimum absolute atomic E-state index is 0.0128. The van der Waals surface area contributed by atoms with E-state index in [4.69, 9.17) is 5.26 Å². The molecule has 106 valence electrons. The van der Waals surface area contributed by atoms with Gasteiger partial charge >= 0.3 is 11.5 Å². The number of benzene rings is 1. The van der Waals surface area contributed by atoms with Crippen LogP contribution in [0.4, 0.5) is 13.2 Å². The second kappa shape index (κ2) is 6.43. The average Bonchev–Trinajstić information content (AvgIpc) is 2.36. The van der Waals surface area contributed by atoms with Crippen LogP contribution in [0.5, 0.6) is 0 Å². The van der Waals surface area contributed by atoms with Crippen molar-refractivity contribution in [3.8, 4) is 6.07 Å². The van der Waals surface area contributed by atoms with Crippen molar-refractivity contribution in [2.45, 2.75) is 17.3 Å². The molecule has 1 aromatic carbocycles. The van der Waals surface area contributed by atoms with Crippen LogP contribution in [-0.4, -0.2) is 24.4 Å². The minimum atomic E-state index is -4.68. The maximum atomic E-state index is 12.5. The normalized spacial score (nSPS) is 10.8. The molecule has 0 heterocycles. The first-order chi connectivity index (χ1) is 9.34. The Morgan fingerprint density at radius 2 is 2.15 bits per heavy atom. The minimum Gasteiger partial charge on any atom is -0.462 e. The number of thioether (sulfide) groups is 1. The standard InChI is InChI=1S/C12H8F3NO3S/c1-2-19-11(18)8-4-3-7(5-16)10(9(8)6-17)20-12(13,14)15/h3-4,6H,2H2,1H3. The second-order valence-electron chi connectivity index (χ2n) is 3.40. The highest BCUT2D eigenvalue weighted by molar-refractivity contribution is 8.00. The van der Waals surface area contributed by atoms with E-state index in [1.807, 2.05) is 0 Å². The van der Waals surface area contributed by atoms with Crippen molar-refractivity contribution in [2.24, 2.45) is 0 Å².